The van der Waals surface area contributed by atoms with Crippen LogP contribution >= 0.6 is 0 Å². The van der Waals surface area contributed by atoms with Gasteiger partial charge >= 0.3 is 0 Å². The molecule has 0 aromatic carbocycles. The van der Waals surface area contributed by atoms with Gasteiger partial charge in [-0.1, -0.05) is 36.3 Å². The molecule has 0 heterocycles. The molecule has 8 atom stereocenters. The quantitative estimate of drug-likeness (QED) is 0.631. The van der Waals surface area contributed by atoms with Gasteiger partial charge in [-0.05, 0) is 82.1 Å². The highest BCUT2D eigenvalue weighted by molar-refractivity contribution is 5.93. The monoisotopic (exact) mass is 400 g/mol. The van der Waals surface area contributed by atoms with Gasteiger partial charge in [-0.25, -0.2) is 0 Å². The van der Waals surface area contributed by atoms with E-state index in [9.17, 15) is 20.1 Å². The maximum absolute atomic E-state index is 13.0. The van der Waals surface area contributed by atoms with Crippen molar-refractivity contribution in [3.8, 4) is 0 Å². The summed E-state index contributed by atoms with van der Waals surface area (Å²) in [6.07, 6.45) is 12.1. The SMILES string of the molecule is C/C=C/[C@@H](O)[C@](C)(O)[C@H]1CC[C@H]2C3=CC(=O)[C@@H]4CC(=CC[C@H](O)C4)[C@H]3CC[C@]12C. The summed E-state index contributed by atoms with van der Waals surface area (Å²) in [7, 11) is 0. The number of aliphatic hydroxyl groups is 3. The van der Waals surface area contributed by atoms with Gasteiger partial charge in [-0.2, -0.15) is 0 Å². The summed E-state index contributed by atoms with van der Waals surface area (Å²) in [4.78, 5) is 13.0. The van der Waals surface area contributed by atoms with Crippen molar-refractivity contribution in [3.05, 3.63) is 35.5 Å². The third-order valence-corrected chi connectivity index (χ3v) is 8.64. The predicted molar refractivity (Wildman–Crippen MR) is 113 cm³/mol. The van der Waals surface area contributed by atoms with Gasteiger partial charge in [0, 0.05) is 11.8 Å². The van der Waals surface area contributed by atoms with Crippen molar-refractivity contribution in [2.45, 2.75) is 83.5 Å². The number of fused-ring (bicyclic) bond motifs is 6. The molecule has 0 radical (unpaired) electrons. The summed E-state index contributed by atoms with van der Waals surface area (Å²) >= 11 is 0. The largest absolute Gasteiger partial charge is 0.393 e. The number of hydrogen-bond acceptors (Lipinski definition) is 4. The molecule has 0 amide bonds. The molecule has 4 aliphatic rings. The lowest BCUT2D eigenvalue weighted by Crippen LogP contribution is -2.52. The first kappa shape index (κ1) is 21.0. The number of carbonyl (C=O) groups is 1. The van der Waals surface area contributed by atoms with Gasteiger partial charge in [0.15, 0.2) is 5.78 Å². The molecule has 0 unspecified atom stereocenters. The summed E-state index contributed by atoms with van der Waals surface area (Å²) in [5.41, 5.74) is 1.29. The molecule has 4 heteroatoms. The molecule has 0 saturated heterocycles. The van der Waals surface area contributed by atoms with Gasteiger partial charge in [0.2, 0.25) is 0 Å². The van der Waals surface area contributed by atoms with Crippen LogP contribution in [0.3, 0.4) is 0 Å². The lowest BCUT2D eigenvalue weighted by molar-refractivity contribution is -0.119. The van der Waals surface area contributed by atoms with E-state index in [1.807, 2.05) is 13.0 Å². The molecule has 0 spiro atoms. The molecular weight excluding hydrogens is 364 g/mol. The van der Waals surface area contributed by atoms with E-state index < -0.39 is 17.8 Å². The molecule has 4 nitrogen and oxygen atoms in total. The van der Waals surface area contributed by atoms with E-state index in [0.29, 0.717) is 18.8 Å². The van der Waals surface area contributed by atoms with E-state index in [1.165, 1.54) is 11.1 Å². The van der Waals surface area contributed by atoms with Crippen LogP contribution in [0.4, 0.5) is 0 Å². The van der Waals surface area contributed by atoms with Crippen LogP contribution in [0.2, 0.25) is 0 Å². The second-order valence-electron chi connectivity index (χ2n) is 10.3. The first-order valence-electron chi connectivity index (χ1n) is 11.3. The van der Waals surface area contributed by atoms with Crippen molar-refractivity contribution in [1.29, 1.82) is 0 Å². The topological polar surface area (TPSA) is 77.8 Å². The summed E-state index contributed by atoms with van der Waals surface area (Å²) in [6, 6.07) is 0. The first-order valence-corrected chi connectivity index (χ1v) is 11.3. The molecule has 160 valence electrons. The van der Waals surface area contributed by atoms with E-state index in [1.54, 1.807) is 19.1 Å². The van der Waals surface area contributed by atoms with Crippen LogP contribution in [0.5, 0.6) is 0 Å². The van der Waals surface area contributed by atoms with Crippen molar-refractivity contribution in [2.75, 3.05) is 0 Å². The van der Waals surface area contributed by atoms with E-state index in [4.69, 9.17) is 0 Å². The maximum atomic E-state index is 13.0. The minimum absolute atomic E-state index is 0.00985. The highest BCUT2D eigenvalue weighted by Crippen LogP contribution is 2.63. The number of rotatable bonds is 3. The smallest absolute Gasteiger partial charge is 0.159 e. The fraction of sp³-hybridized carbons (Fsp3) is 0.720. The van der Waals surface area contributed by atoms with Crippen LogP contribution in [0.15, 0.2) is 35.5 Å². The number of ketones is 1. The zero-order chi connectivity index (χ0) is 21.0. The van der Waals surface area contributed by atoms with Crippen molar-refractivity contribution < 1.29 is 20.1 Å². The molecular formula is C25H36O4. The van der Waals surface area contributed by atoms with Crippen LogP contribution in [0.25, 0.3) is 0 Å². The Labute approximate surface area is 174 Å². The molecule has 2 bridgehead atoms. The minimum atomic E-state index is -1.19. The molecule has 4 rings (SSSR count). The summed E-state index contributed by atoms with van der Waals surface area (Å²) in [5.74, 6) is 0.634. The first-order chi connectivity index (χ1) is 13.7. The van der Waals surface area contributed by atoms with Gasteiger partial charge < -0.3 is 15.3 Å². The molecule has 3 N–H and O–H groups in total. The average Bonchev–Trinajstić information content (AvgIpc) is 2.82. The Balaban J connectivity index is 1.69. The molecule has 0 aromatic rings. The van der Waals surface area contributed by atoms with Crippen LogP contribution in [0.1, 0.15) is 65.7 Å². The number of carbonyl (C=O) groups excluding carboxylic acids is 1. The van der Waals surface area contributed by atoms with Gasteiger partial charge in [0.05, 0.1) is 11.7 Å². The van der Waals surface area contributed by atoms with Crippen molar-refractivity contribution >= 4 is 5.78 Å². The Morgan fingerprint density at radius 1 is 1.31 bits per heavy atom. The summed E-state index contributed by atoms with van der Waals surface area (Å²) < 4.78 is 0. The lowest BCUT2D eigenvalue weighted by Gasteiger charge is -2.50. The second kappa shape index (κ2) is 7.47. The van der Waals surface area contributed by atoms with Crippen LogP contribution in [-0.2, 0) is 4.79 Å². The molecule has 0 aromatic heterocycles. The molecule has 2 fully saturated rings. The number of aliphatic hydroxyl groups excluding tert-OH is 2. The Bertz CT molecular complexity index is 761. The Kier molecular flexibility index (Phi) is 5.42. The molecule has 0 aliphatic heterocycles. The highest BCUT2D eigenvalue weighted by Gasteiger charge is 2.58. The minimum Gasteiger partial charge on any atom is -0.393 e. The Morgan fingerprint density at radius 3 is 2.79 bits per heavy atom. The third kappa shape index (κ3) is 3.37. The predicted octanol–water partition coefficient (Wildman–Crippen LogP) is 3.71. The normalized spacial score (nSPS) is 42.8. The number of allylic oxidation sites excluding steroid dienone is 4. The van der Waals surface area contributed by atoms with Crippen molar-refractivity contribution in [2.24, 2.45) is 29.1 Å². The van der Waals surface area contributed by atoms with E-state index in [2.05, 4.69) is 13.0 Å². The maximum Gasteiger partial charge on any atom is 0.159 e. The van der Waals surface area contributed by atoms with E-state index in [-0.39, 0.29) is 29.0 Å². The van der Waals surface area contributed by atoms with Crippen LogP contribution < -0.4 is 0 Å². The van der Waals surface area contributed by atoms with Crippen LogP contribution in [0, 0.1) is 29.1 Å². The fourth-order valence-corrected chi connectivity index (χ4v) is 7.09. The zero-order valence-corrected chi connectivity index (χ0v) is 18.0. The number of hydrogen-bond donors (Lipinski definition) is 3. The van der Waals surface area contributed by atoms with Crippen molar-refractivity contribution in [1.82, 2.24) is 0 Å². The molecule has 2 saturated carbocycles. The highest BCUT2D eigenvalue weighted by atomic mass is 16.3. The lowest BCUT2D eigenvalue weighted by atomic mass is 9.56. The summed E-state index contributed by atoms with van der Waals surface area (Å²) in [5, 5.41) is 32.1. The van der Waals surface area contributed by atoms with Gasteiger partial charge in [-0.15, -0.1) is 0 Å². The van der Waals surface area contributed by atoms with E-state index in [0.717, 1.165) is 32.1 Å². The third-order valence-electron chi connectivity index (χ3n) is 8.64. The standard InChI is InChI=1S/C25H36O4/c1-4-5-23(28)25(3,29)22-9-8-20-19-14-21(27)16-12-15(6-7-17(26)13-16)18(19)10-11-24(20,22)2/h4-6,14,16-18,20,22-23,26,28-29H,7-13H2,1-3H3/b5-4+/t16-,17+,18-,20+,22+,23-,24+,25-/m1/s1. The Morgan fingerprint density at radius 2 is 2.07 bits per heavy atom. The van der Waals surface area contributed by atoms with E-state index >= 15 is 0 Å². The zero-order valence-electron chi connectivity index (χ0n) is 18.0. The Hall–Kier alpha value is -1.23. The molecule has 29 heavy (non-hydrogen) atoms. The van der Waals surface area contributed by atoms with Gasteiger partial charge in [0.1, 0.15) is 6.10 Å². The second-order valence-corrected chi connectivity index (χ2v) is 10.3. The fourth-order valence-electron chi connectivity index (χ4n) is 7.09. The molecule has 4 aliphatic carbocycles. The van der Waals surface area contributed by atoms with Gasteiger partial charge in [-0.3, -0.25) is 4.79 Å². The van der Waals surface area contributed by atoms with Crippen molar-refractivity contribution in [3.63, 3.8) is 0 Å². The van der Waals surface area contributed by atoms with Gasteiger partial charge in [0.25, 0.3) is 0 Å². The van der Waals surface area contributed by atoms with Crippen LogP contribution in [-0.4, -0.2) is 38.9 Å². The summed E-state index contributed by atoms with van der Waals surface area (Å²) in [6.45, 7) is 5.89. The average molecular weight is 401 g/mol.